The van der Waals surface area contributed by atoms with Gasteiger partial charge in [0.25, 0.3) is 5.82 Å². The first-order chi connectivity index (χ1) is 7.72. The van der Waals surface area contributed by atoms with Gasteiger partial charge in [-0.2, -0.15) is 0 Å². The Bertz CT molecular complexity index is 522. The zero-order valence-corrected chi connectivity index (χ0v) is 13.0. The maximum Gasteiger partial charge on any atom is 0.271 e. The Balaban J connectivity index is 0.00000144. The van der Waals surface area contributed by atoms with Crippen LogP contribution in [-0.4, -0.2) is 4.57 Å². The van der Waals surface area contributed by atoms with E-state index in [1.807, 2.05) is 12.1 Å². The molecule has 0 aliphatic rings. The van der Waals surface area contributed by atoms with Gasteiger partial charge in [0.05, 0.1) is 19.6 Å². The molecule has 0 unspecified atom stereocenters. The summed E-state index contributed by atoms with van der Waals surface area (Å²) in [5.41, 5.74) is 8.20. The normalized spacial score (nSPS) is 10.6. The average Bonchev–Trinajstić information content (AvgIpc) is 2.60. The number of nitrogens with two attached hydrogens (primary N) is 1. The van der Waals surface area contributed by atoms with E-state index in [2.05, 4.69) is 29.0 Å². The predicted molar refractivity (Wildman–Crippen MR) is 66.4 cm³/mol. The van der Waals surface area contributed by atoms with Crippen molar-refractivity contribution in [3.8, 4) is 0 Å². The summed E-state index contributed by atoms with van der Waals surface area (Å²) in [4.78, 5) is 0. The van der Waals surface area contributed by atoms with Gasteiger partial charge in [-0.15, -0.1) is 0 Å². The van der Waals surface area contributed by atoms with Crippen LogP contribution in [0.15, 0.2) is 18.2 Å². The average molecular weight is 366 g/mol. The number of nitrogens with zero attached hydrogens (tertiary/aromatic N) is 2. The highest BCUT2D eigenvalue weighted by Crippen LogP contribution is 2.19. The maximum atomic E-state index is 6.04. The van der Waals surface area contributed by atoms with E-state index >= 15 is 0 Å². The number of fused-ring (bicyclic) bond motifs is 1. The van der Waals surface area contributed by atoms with Gasteiger partial charge >= 0.3 is 0 Å². The van der Waals surface area contributed by atoms with Gasteiger partial charge in [0.15, 0.2) is 11.0 Å². The molecule has 0 atom stereocenters. The number of imidazole rings is 1. The topological polar surface area (TPSA) is 34.8 Å². The van der Waals surface area contributed by atoms with Gasteiger partial charge in [-0.1, -0.05) is 11.6 Å². The number of benzene rings is 1. The lowest BCUT2D eigenvalue weighted by Crippen LogP contribution is -3.00. The Hall–Kier alpha value is -0.330. The third kappa shape index (κ3) is 2.44. The smallest absolute Gasteiger partial charge is 0.271 e. The second kappa shape index (κ2) is 6.02. The number of hydrogen-bond donors (Lipinski definition) is 1. The van der Waals surface area contributed by atoms with Crippen molar-refractivity contribution >= 4 is 22.6 Å². The standard InChI is InChI=1S/C12H17ClN3.HI/c1-3-15-10-6-5-9(13)7-11(10)16(4-2)12(15)8-14;/h5-7H,3-4,8,14H2,1-2H3;1H/q+1;/p-1. The highest BCUT2D eigenvalue weighted by Gasteiger charge is 2.21. The molecular formula is C12H17ClIN3. The fourth-order valence-corrected chi connectivity index (χ4v) is 2.46. The Morgan fingerprint density at radius 1 is 1.35 bits per heavy atom. The SMILES string of the molecule is CCn1c(CN)[n+](CC)c2ccc(Cl)cc21.[I-]. The first-order valence-corrected chi connectivity index (χ1v) is 6.01. The molecule has 0 radical (unpaired) electrons. The van der Waals surface area contributed by atoms with E-state index in [-0.39, 0.29) is 24.0 Å². The lowest BCUT2D eigenvalue weighted by molar-refractivity contribution is -0.676. The molecule has 0 bridgehead atoms. The molecule has 2 rings (SSSR count). The molecule has 1 aromatic carbocycles. The second-order valence-electron chi connectivity index (χ2n) is 3.74. The van der Waals surface area contributed by atoms with E-state index < -0.39 is 0 Å². The molecule has 1 aromatic heterocycles. The zero-order chi connectivity index (χ0) is 11.7. The molecule has 5 heteroatoms. The minimum absolute atomic E-state index is 0. The Labute approximate surface area is 124 Å². The molecule has 0 saturated heterocycles. The molecule has 0 amide bonds. The van der Waals surface area contributed by atoms with Crippen LogP contribution in [0.2, 0.25) is 5.02 Å². The molecule has 3 nitrogen and oxygen atoms in total. The van der Waals surface area contributed by atoms with Gasteiger partial charge in [-0.25, -0.2) is 9.13 Å². The van der Waals surface area contributed by atoms with Gasteiger partial charge in [-0.05, 0) is 26.0 Å². The highest BCUT2D eigenvalue weighted by molar-refractivity contribution is 6.31. The minimum Gasteiger partial charge on any atom is -1.00 e. The molecule has 1 heterocycles. The summed E-state index contributed by atoms with van der Waals surface area (Å²) in [7, 11) is 0. The van der Waals surface area contributed by atoms with Crippen molar-refractivity contribution in [2.75, 3.05) is 0 Å². The van der Waals surface area contributed by atoms with Crippen molar-refractivity contribution in [2.45, 2.75) is 33.5 Å². The summed E-state index contributed by atoms with van der Waals surface area (Å²) >= 11 is 6.04. The van der Waals surface area contributed by atoms with Crippen molar-refractivity contribution in [1.82, 2.24) is 4.57 Å². The van der Waals surface area contributed by atoms with E-state index in [9.17, 15) is 0 Å². The number of rotatable bonds is 3. The second-order valence-corrected chi connectivity index (χ2v) is 4.18. The van der Waals surface area contributed by atoms with Crippen LogP contribution in [0.25, 0.3) is 11.0 Å². The fraction of sp³-hybridized carbons (Fsp3) is 0.417. The van der Waals surface area contributed by atoms with Crippen LogP contribution in [0, 0.1) is 0 Å². The van der Waals surface area contributed by atoms with Gasteiger partial charge in [0.1, 0.15) is 0 Å². The summed E-state index contributed by atoms with van der Waals surface area (Å²) in [6.07, 6.45) is 0. The van der Waals surface area contributed by atoms with Crippen LogP contribution in [0.4, 0.5) is 0 Å². The van der Waals surface area contributed by atoms with Crippen molar-refractivity contribution < 1.29 is 28.5 Å². The van der Waals surface area contributed by atoms with Crippen molar-refractivity contribution in [3.05, 3.63) is 29.0 Å². The van der Waals surface area contributed by atoms with Crippen molar-refractivity contribution in [3.63, 3.8) is 0 Å². The molecule has 2 aromatic rings. The molecule has 2 N–H and O–H groups in total. The summed E-state index contributed by atoms with van der Waals surface area (Å²) in [6.45, 7) is 6.65. The summed E-state index contributed by atoms with van der Waals surface area (Å²) in [5, 5.41) is 0.770. The maximum absolute atomic E-state index is 6.04. The van der Waals surface area contributed by atoms with E-state index in [4.69, 9.17) is 17.3 Å². The Kier molecular flexibility index (Phi) is 5.22. The van der Waals surface area contributed by atoms with Crippen LogP contribution in [-0.2, 0) is 19.6 Å². The lowest BCUT2D eigenvalue weighted by Gasteiger charge is -1.98. The number of aromatic nitrogens is 2. The first-order valence-electron chi connectivity index (χ1n) is 5.63. The third-order valence-corrected chi connectivity index (χ3v) is 3.19. The minimum atomic E-state index is 0. The molecule has 0 aliphatic heterocycles. The van der Waals surface area contributed by atoms with Crippen LogP contribution >= 0.6 is 11.6 Å². The summed E-state index contributed by atoms with van der Waals surface area (Å²) in [5.74, 6) is 1.15. The van der Waals surface area contributed by atoms with E-state index in [1.165, 1.54) is 5.52 Å². The first kappa shape index (κ1) is 14.7. The Morgan fingerprint density at radius 2 is 2.06 bits per heavy atom. The number of halogens is 2. The predicted octanol–water partition coefficient (Wildman–Crippen LogP) is -0.915. The van der Waals surface area contributed by atoms with Crippen LogP contribution in [0.1, 0.15) is 19.7 Å². The summed E-state index contributed by atoms with van der Waals surface area (Å²) < 4.78 is 4.47. The zero-order valence-electron chi connectivity index (χ0n) is 10.1. The van der Waals surface area contributed by atoms with Crippen LogP contribution < -0.4 is 34.3 Å². The number of aryl methyl sites for hydroxylation is 2. The Morgan fingerprint density at radius 3 is 2.59 bits per heavy atom. The molecule has 0 spiro atoms. The molecule has 94 valence electrons. The highest BCUT2D eigenvalue weighted by atomic mass is 127. The van der Waals surface area contributed by atoms with E-state index in [1.54, 1.807) is 0 Å². The van der Waals surface area contributed by atoms with Crippen LogP contribution in [0.3, 0.4) is 0 Å². The molecular weight excluding hydrogens is 349 g/mol. The van der Waals surface area contributed by atoms with Gasteiger partial charge in [-0.3, -0.25) is 0 Å². The molecule has 17 heavy (non-hydrogen) atoms. The lowest BCUT2D eigenvalue weighted by atomic mass is 10.3. The van der Waals surface area contributed by atoms with Gasteiger partial charge in [0.2, 0.25) is 0 Å². The monoisotopic (exact) mass is 365 g/mol. The third-order valence-electron chi connectivity index (χ3n) is 2.96. The van der Waals surface area contributed by atoms with Crippen molar-refractivity contribution in [2.24, 2.45) is 5.73 Å². The van der Waals surface area contributed by atoms with Gasteiger partial charge in [0, 0.05) is 11.1 Å². The van der Waals surface area contributed by atoms with Gasteiger partial charge < -0.3 is 29.7 Å². The van der Waals surface area contributed by atoms with E-state index in [0.29, 0.717) is 6.54 Å². The summed E-state index contributed by atoms with van der Waals surface area (Å²) in [6, 6.07) is 5.99. The van der Waals surface area contributed by atoms with Crippen LogP contribution in [0.5, 0.6) is 0 Å². The fourth-order valence-electron chi connectivity index (χ4n) is 2.29. The molecule has 0 saturated carbocycles. The number of hydrogen-bond acceptors (Lipinski definition) is 1. The molecule has 0 fully saturated rings. The quantitative estimate of drug-likeness (QED) is 0.554. The van der Waals surface area contributed by atoms with E-state index in [0.717, 1.165) is 29.5 Å². The largest absolute Gasteiger partial charge is 1.00 e. The van der Waals surface area contributed by atoms with Crippen molar-refractivity contribution in [1.29, 1.82) is 0 Å². The molecule has 0 aliphatic carbocycles.